The second-order valence-corrected chi connectivity index (χ2v) is 7.75. The first-order valence-corrected chi connectivity index (χ1v) is 11.0. The van der Waals surface area contributed by atoms with Gasteiger partial charge in [-0.25, -0.2) is 9.59 Å². The summed E-state index contributed by atoms with van der Waals surface area (Å²) in [5, 5.41) is 23.8. The maximum absolute atomic E-state index is 13.6. The lowest BCUT2D eigenvalue weighted by atomic mass is 10.00. The number of rotatable bonds is 10. The van der Waals surface area contributed by atoms with E-state index in [2.05, 4.69) is 5.10 Å². The summed E-state index contributed by atoms with van der Waals surface area (Å²) in [6.07, 6.45) is 1.55. The molecule has 3 aromatic carbocycles. The van der Waals surface area contributed by atoms with Crippen molar-refractivity contribution in [2.24, 2.45) is 5.10 Å². The van der Waals surface area contributed by atoms with Crippen LogP contribution in [-0.4, -0.2) is 54.1 Å². The normalized spacial score (nSPS) is 13.9. The molecule has 0 fully saturated rings. The summed E-state index contributed by atoms with van der Waals surface area (Å²) in [7, 11) is 1.55. The molecule has 1 amide bonds. The zero-order valence-electron chi connectivity index (χ0n) is 19.7. The van der Waals surface area contributed by atoms with Crippen LogP contribution in [0.4, 0.5) is 5.69 Å². The highest BCUT2D eigenvalue weighted by Gasteiger charge is 2.32. The number of anilines is 1. The molecular formula is C27H22N2O8. The maximum Gasteiger partial charge on any atom is 0.341 e. The van der Waals surface area contributed by atoms with Crippen LogP contribution in [0.2, 0.25) is 0 Å². The Morgan fingerprint density at radius 2 is 1.54 bits per heavy atom. The Labute approximate surface area is 211 Å². The van der Waals surface area contributed by atoms with Crippen molar-refractivity contribution in [3.8, 4) is 17.2 Å². The van der Waals surface area contributed by atoms with E-state index < -0.39 is 31.1 Å². The molecule has 0 aromatic heterocycles. The molecule has 10 heteroatoms. The molecule has 0 saturated heterocycles. The smallest absolute Gasteiger partial charge is 0.341 e. The van der Waals surface area contributed by atoms with Gasteiger partial charge in [0.05, 0.1) is 18.4 Å². The third kappa shape index (κ3) is 5.93. The Hall–Kier alpha value is -5.12. The lowest BCUT2D eigenvalue weighted by Gasteiger charge is -2.13. The number of carbonyl (C=O) groups excluding carboxylic acids is 1. The van der Waals surface area contributed by atoms with Crippen molar-refractivity contribution >= 4 is 35.3 Å². The van der Waals surface area contributed by atoms with Gasteiger partial charge in [0.1, 0.15) is 23.0 Å². The van der Waals surface area contributed by atoms with Gasteiger partial charge in [0, 0.05) is 17.2 Å². The van der Waals surface area contributed by atoms with Gasteiger partial charge in [0.15, 0.2) is 13.2 Å². The van der Waals surface area contributed by atoms with E-state index in [1.54, 1.807) is 43.5 Å². The number of hydrogen-bond acceptors (Lipinski definition) is 7. The third-order valence-corrected chi connectivity index (χ3v) is 5.24. The number of ether oxygens (including phenoxy) is 3. The minimum Gasteiger partial charge on any atom is -0.497 e. The van der Waals surface area contributed by atoms with Gasteiger partial charge in [0.25, 0.3) is 5.91 Å². The molecule has 1 aliphatic rings. The van der Waals surface area contributed by atoms with E-state index in [0.717, 1.165) is 0 Å². The monoisotopic (exact) mass is 502 g/mol. The van der Waals surface area contributed by atoms with Gasteiger partial charge in [0.2, 0.25) is 0 Å². The van der Waals surface area contributed by atoms with Gasteiger partial charge in [-0.1, -0.05) is 30.3 Å². The predicted octanol–water partition coefficient (Wildman–Crippen LogP) is 3.46. The second-order valence-electron chi connectivity index (χ2n) is 7.75. The maximum atomic E-state index is 13.6. The molecule has 4 rings (SSSR count). The number of amides is 1. The molecule has 0 radical (unpaired) electrons. The van der Waals surface area contributed by atoms with Crippen molar-refractivity contribution < 1.29 is 38.8 Å². The molecule has 0 atom stereocenters. The highest BCUT2D eigenvalue weighted by atomic mass is 16.5. The fraction of sp³-hybridized carbons (Fsp3) is 0.111. The molecule has 3 aromatic rings. The van der Waals surface area contributed by atoms with Crippen LogP contribution in [0.3, 0.4) is 0 Å². The minimum atomic E-state index is -1.20. The van der Waals surface area contributed by atoms with E-state index in [4.69, 9.17) is 24.4 Å². The number of benzene rings is 3. The Bertz CT molecular complexity index is 1380. The van der Waals surface area contributed by atoms with Crippen LogP contribution >= 0.6 is 0 Å². The Balaban J connectivity index is 1.77. The number of carboxylic acids is 2. The standard InChI is InChI=1S/C27H22N2O8/c1-35-20-11-8-19(9-12-20)29-27(34)22(26(28-29)17-5-3-2-4-6-17)13-18-7-10-21(36-15-24(30)31)14-23(18)37-16-25(32)33/h2-14H,15-16H2,1H3,(H,30,31)(H,32,33)/b22-13-. The molecule has 188 valence electrons. The number of carboxylic acid groups (broad SMARTS) is 2. The molecule has 0 spiro atoms. The molecule has 0 bridgehead atoms. The molecule has 1 heterocycles. The van der Waals surface area contributed by atoms with Gasteiger partial charge >= 0.3 is 11.9 Å². The summed E-state index contributed by atoms with van der Waals surface area (Å²) >= 11 is 0. The van der Waals surface area contributed by atoms with Crippen LogP contribution in [0, 0.1) is 0 Å². The van der Waals surface area contributed by atoms with Crippen LogP contribution in [-0.2, 0) is 14.4 Å². The highest BCUT2D eigenvalue weighted by molar-refractivity contribution is 6.37. The van der Waals surface area contributed by atoms with Crippen LogP contribution in [0.15, 0.2) is 83.5 Å². The van der Waals surface area contributed by atoms with E-state index in [1.807, 2.05) is 30.3 Å². The quantitative estimate of drug-likeness (QED) is 0.403. The van der Waals surface area contributed by atoms with Gasteiger partial charge in [-0.2, -0.15) is 10.1 Å². The van der Waals surface area contributed by atoms with Crippen LogP contribution in [0.25, 0.3) is 6.08 Å². The van der Waals surface area contributed by atoms with Gasteiger partial charge in [-0.15, -0.1) is 0 Å². The molecular weight excluding hydrogens is 480 g/mol. The predicted molar refractivity (Wildman–Crippen MR) is 134 cm³/mol. The van der Waals surface area contributed by atoms with E-state index >= 15 is 0 Å². The van der Waals surface area contributed by atoms with Crippen molar-refractivity contribution in [3.05, 3.63) is 89.5 Å². The number of hydrogen-bond donors (Lipinski definition) is 2. The van der Waals surface area contributed by atoms with Crippen LogP contribution in [0.1, 0.15) is 11.1 Å². The lowest BCUT2D eigenvalue weighted by Crippen LogP contribution is -2.21. The minimum absolute atomic E-state index is 0.0981. The van der Waals surface area contributed by atoms with Crippen LogP contribution < -0.4 is 19.2 Å². The largest absolute Gasteiger partial charge is 0.497 e. The molecule has 0 aliphatic carbocycles. The summed E-state index contributed by atoms with van der Waals surface area (Å²) in [5.74, 6) is -1.88. The van der Waals surface area contributed by atoms with E-state index in [1.165, 1.54) is 17.1 Å². The van der Waals surface area contributed by atoms with Crippen molar-refractivity contribution in [2.75, 3.05) is 25.3 Å². The number of hydrazone groups is 1. The number of nitrogens with zero attached hydrogens (tertiary/aromatic N) is 2. The first-order valence-electron chi connectivity index (χ1n) is 11.0. The first-order chi connectivity index (χ1) is 17.9. The van der Waals surface area contributed by atoms with Crippen molar-refractivity contribution in [1.82, 2.24) is 0 Å². The summed E-state index contributed by atoms with van der Waals surface area (Å²) in [6.45, 7) is -1.23. The summed E-state index contributed by atoms with van der Waals surface area (Å²) in [6, 6.07) is 20.4. The topological polar surface area (TPSA) is 135 Å². The molecule has 10 nitrogen and oxygen atoms in total. The number of aliphatic carboxylic acids is 2. The fourth-order valence-electron chi connectivity index (χ4n) is 3.54. The Morgan fingerprint density at radius 3 is 2.19 bits per heavy atom. The van der Waals surface area contributed by atoms with Crippen LogP contribution in [0.5, 0.6) is 17.2 Å². The van der Waals surface area contributed by atoms with E-state index in [9.17, 15) is 14.4 Å². The molecule has 1 aliphatic heterocycles. The summed E-state index contributed by atoms with van der Waals surface area (Å²) < 4.78 is 15.8. The van der Waals surface area contributed by atoms with E-state index in [0.29, 0.717) is 28.3 Å². The SMILES string of the molecule is COc1ccc(N2N=C(c3ccccc3)/C(=C/c3ccc(OCC(=O)O)cc3OCC(=O)O)C2=O)cc1. The van der Waals surface area contributed by atoms with Crippen molar-refractivity contribution in [3.63, 3.8) is 0 Å². The van der Waals surface area contributed by atoms with Gasteiger partial charge in [-0.3, -0.25) is 4.79 Å². The average molecular weight is 502 g/mol. The lowest BCUT2D eigenvalue weighted by molar-refractivity contribution is -0.140. The number of methoxy groups -OCH3 is 1. The first kappa shape index (κ1) is 25.0. The number of carbonyl (C=O) groups is 3. The van der Waals surface area contributed by atoms with Crippen molar-refractivity contribution in [2.45, 2.75) is 0 Å². The van der Waals surface area contributed by atoms with Gasteiger partial charge < -0.3 is 24.4 Å². The Kier molecular flexibility index (Phi) is 7.48. The van der Waals surface area contributed by atoms with Crippen molar-refractivity contribution in [1.29, 1.82) is 0 Å². The zero-order valence-corrected chi connectivity index (χ0v) is 19.7. The average Bonchev–Trinajstić information content (AvgIpc) is 3.23. The van der Waals surface area contributed by atoms with Gasteiger partial charge in [-0.05, 0) is 42.5 Å². The second kappa shape index (κ2) is 11.1. The molecule has 0 saturated carbocycles. The molecule has 0 unspecified atom stereocenters. The Morgan fingerprint density at radius 1 is 0.892 bits per heavy atom. The third-order valence-electron chi connectivity index (χ3n) is 5.24. The summed E-state index contributed by atoms with van der Waals surface area (Å²) in [4.78, 5) is 35.5. The summed E-state index contributed by atoms with van der Waals surface area (Å²) in [5.41, 5.74) is 2.28. The molecule has 37 heavy (non-hydrogen) atoms. The zero-order chi connectivity index (χ0) is 26.4. The van der Waals surface area contributed by atoms with E-state index in [-0.39, 0.29) is 17.1 Å². The fourth-order valence-corrected chi connectivity index (χ4v) is 3.54. The highest BCUT2D eigenvalue weighted by Crippen LogP contribution is 2.32. The molecule has 2 N–H and O–H groups in total.